The summed E-state index contributed by atoms with van der Waals surface area (Å²) in [5, 5.41) is 0. The predicted octanol–water partition coefficient (Wildman–Crippen LogP) is 4.80. The van der Waals surface area contributed by atoms with Gasteiger partial charge in [-0.2, -0.15) is 0 Å². The summed E-state index contributed by atoms with van der Waals surface area (Å²) >= 11 is 0. The Labute approximate surface area is 164 Å². The molecule has 0 radical (unpaired) electrons. The third kappa shape index (κ3) is 3.32. The second kappa shape index (κ2) is 7.21. The lowest BCUT2D eigenvalue weighted by Gasteiger charge is -2.37. The van der Waals surface area contributed by atoms with Crippen molar-refractivity contribution in [1.82, 2.24) is 14.5 Å². The number of halogens is 1. The minimum atomic E-state index is -0.186. The van der Waals surface area contributed by atoms with Crippen LogP contribution in [0.1, 0.15) is 16.7 Å². The van der Waals surface area contributed by atoms with Crippen LogP contribution in [0.25, 0.3) is 11.0 Å². The van der Waals surface area contributed by atoms with Gasteiger partial charge in [-0.05, 0) is 47.4 Å². The number of fused-ring (bicyclic) bond motifs is 2. The van der Waals surface area contributed by atoms with Crippen molar-refractivity contribution < 1.29 is 4.39 Å². The fourth-order valence-electron chi connectivity index (χ4n) is 4.21. The summed E-state index contributed by atoms with van der Waals surface area (Å²) in [6.07, 6.45) is 2.95. The molecule has 0 saturated carbocycles. The second-order valence-corrected chi connectivity index (χ2v) is 7.54. The monoisotopic (exact) mass is 371 g/mol. The second-order valence-electron chi connectivity index (χ2n) is 7.54. The van der Waals surface area contributed by atoms with Crippen LogP contribution in [0.4, 0.5) is 4.39 Å². The van der Waals surface area contributed by atoms with Crippen molar-refractivity contribution in [2.45, 2.75) is 32.1 Å². The van der Waals surface area contributed by atoms with E-state index in [2.05, 4.69) is 56.9 Å². The lowest BCUT2D eigenvalue weighted by molar-refractivity contribution is 0.147. The van der Waals surface area contributed by atoms with Crippen molar-refractivity contribution in [3.8, 4) is 0 Å². The van der Waals surface area contributed by atoms with E-state index in [-0.39, 0.29) is 5.82 Å². The smallest absolute Gasteiger partial charge is 0.123 e. The maximum atomic E-state index is 13.3. The highest BCUT2D eigenvalue weighted by molar-refractivity contribution is 5.74. The fourth-order valence-corrected chi connectivity index (χ4v) is 4.21. The minimum Gasteiger partial charge on any atom is -0.329 e. The highest BCUT2D eigenvalue weighted by Gasteiger charge is 2.26. The number of hydrogen-bond acceptors (Lipinski definition) is 2. The van der Waals surface area contributed by atoms with Crippen LogP contribution in [0.3, 0.4) is 0 Å². The normalized spacial score (nSPS) is 17.0. The first kappa shape index (κ1) is 17.1. The molecule has 0 N–H and O–H groups in total. The van der Waals surface area contributed by atoms with E-state index >= 15 is 0 Å². The van der Waals surface area contributed by atoms with Gasteiger partial charge >= 0.3 is 0 Å². The average Bonchev–Trinajstić information content (AvgIpc) is 3.13. The first-order valence-electron chi connectivity index (χ1n) is 9.71. The van der Waals surface area contributed by atoms with Crippen LogP contribution in [0.15, 0.2) is 79.1 Å². The highest BCUT2D eigenvalue weighted by Crippen LogP contribution is 2.27. The maximum Gasteiger partial charge on any atom is 0.123 e. The zero-order chi connectivity index (χ0) is 18.9. The van der Waals surface area contributed by atoms with E-state index in [1.807, 2.05) is 24.5 Å². The lowest BCUT2D eigenvalue weighted by atomic mass is 9.93. The van der Waals surface area contributed by atoms with Crippen LogP contribution >= 0.6 is 0 Å². The van der Waals surface area contributed by atoms with Crippen LogP contribution in [0, 0.1) is 5.82 Å². The molecule has 3 aromatic carbocycles. The molecule has 1 aliphatic rings. The van der Waals surface area contributed by atoms with E-state index in [1.54, 1.807) is 12.1 Å². The Hall–Kier alpha value is -2.98. The summed E-state index contributed by atoms with van der Waals surface area (Å²) in [5.41, 5.74) is 6.15. The van der Waals surface area contributed by atoms with Crippen molar-refractivity contribution in [2.24, 2.45) is 0 Å². The lowest BCUT2D eigenvalue weighted by Crippen LogP contribution is -2.42. The molecule has 28 heavy (non-hydrogen) atoms. The number of benzene rings is 3. The van der Waals surface area contributed by atoms with Gasteiger partial charge in [-0.1, -0.05) is 48.5 Å². The first-order chi connectivity index (χ1) is 13.8. The van der Waals surface area contributed by atoms with Crippen molar-refractivity contribution in [3.63, 3.8) is 0 Å². The maximum absolute atomic E-state index is 13.3. The SMILES string of the molecule is Fc1ccc(CN2Cc3ccccc3C[C@H]2Cn2cnc3ccccc32)cc1. The quantitative estimate of drug-likeness (QED) is 0.514. The summed E-state index contributed by atoms with van der Waals surface area (Å²) in [7, 11) is 0. The number of hydrogen-bond donors (Lipinski definition) is 0. The molecule has 1 aromatic heterocycles. The molecule has 4 heteroatoms. The zero-order valence-electron chi connectivity index (χ0n) is 15.6. The van der Waals surface area contributed by atoms with E-state index in [1.165, 1.54) is 16.6 Å². The highest BCUT2D eigenvalue weighted by atomic mass is 19.1. The van der Waals surface area contributed by atoms with E-state index in [0.29, 0.717) is 6.04 Å². The molecule has 0 aliphatic carbocycles. The number of rotatable bonds is 4. The Morgan fingerprint density at radius 1 is 0.893 bits per heavy atom. The Kier molecular flexibility index (Phi) is 4.41. The Morgan fingerprint density at radius 2 is 1.64 bits per heavy atom. The van der Waals surface area contributed by atoms with Crippen LogP contribution in [0.5, 0.6) is 0 Å². The molecule has 4 aromatic rings. The van der Waals surface area contributed by atoms with Gasteiger partial charge in [0.05, 0.1) is 17.4 Å². The summed E-state index contributed by atoms with van der Waals surface area (Å²) in [4.78, 5) is 7.05. The predicted molar refractivity (Wildman–Crippen MR) is 109 cm³/mol. The van der Waals surface area contributed by atoms with Gasteiger partial charge in [0.25, 0.3) is 0 Å². The molecule has 2 heterocycles. The van der Waals surface area contributed by atoms with Gasteiger partial charge in [-0.3, -0.25) is 4.90 Å². The minimum absolute atomic E-state index is 0.186. The topological polar surface area (TPSA) is 21.1 Å². The number of aromatic nitrogens is 2. The van der Waals surface area contributed by atoms with Crippen LogP contribution in [-0.4, -0.2) is 20.5 Å². The fraction of sp³-hybridized carbons (Fsp3) is 0.208. The van der Waals surface area contributed by atoms with Gasteiger partial charge in [-0.25, -0.2) is 9.37 Å². The van der Waals surface area contributed by atoms with Crippen LogP contribution < -0.4 is 0 Å². The molecular formula is C24H22FN3. The summed E-state index contributed by atoms with van der Waals surface area (Å²) < 4.78 is 15.6. The number of para-hydroxylation sites is 2. The Morgan fingerprint density at radius 3 is 2.50 bits per heavy atom. The van der Waals surface area contributed by atoms with Gasteiger partial charge in [0.2, 0.25) is 0 Å². The van der Waals surface area contributed by atoms with Gasteiger partial charge in [0.1, 0.15) is 5.82 Å². The third-order valence-electron chi connectivity index (χ3n) is 5.70. The van der Waals surface area contributed by atoms with E-state index < -0.39 is 0 Å². The van der Waals surface area contributed by atoms with E-state index in [0.717, 1.165) is 37.1 Å². The van der Waals surface area contributed by atoms with Crippen molar-refractivity contribution >= 4 is 11.0 Å². The number of nitrogens with zero attached hydrogens (tertiary/aromatic N) is 3. The van der Waals surface area contributed by atoms with Crippen molar-refractivity contribution in [3.05, 3.63) is 102 Å². The zero-order valence-corrected chi connectivity index (χ0v) is 15.6. The summed E-state index contributed by atoms with van der Waals surface area (Å²) in [5.74, 6) is -0.186. The van der Waals surface area contributed by atoms with Gasteiger partial charge < -0.3 is 4.57 Å². The van der Waals surface area contributed by atoms with E-state index in [4.69, 9.17) is 0 Å². The molecular weight excluding hydrogens is 349 g/mol. The molecule has 5 rings (SSSR count). The largest absolute Gasteiger partial charge is 0.329 e. The number of imidazole rings is 1. The van der Waals surface area contributed by atoms with E-state index in [9.17, 15) is 4.39 Å². The van der Waals surface area contributed by atoms with Crippen molar-refractivity contribution in [2.75, 3.05) is 0 Å². The van der Waals surface area contributed by atoms with Gasteiger partial charge in [0, 0.05) is 25.7 Å². The molecule has 0 amide bonds. The molecule has 1 aliphatic heterocycles. The molecule has 0 saturated heterocycles. The molecule has 1 atom stereocenters. The van der Waals surface area contributed by atoms with Gasteiger partial charge in [0.15, 0.2) is 0 Å². The summed E-state index contributed by atoms with van der Waals surface area (Å²) in [6.45, 7) is 2.60. The first-order valence-corrected chi connectivity index (χ1v) is 9.71. The molecule has 0 bridgehead atoms. The molecule has 3 nitrogen and oxygen atoms in total. The Balaban J connectivity index is 1.46. The summed E-state index contributed by atoms with van der Waals surface area (Å²) in [6, 6.07) is 24.2. The molecule has 0 fully saturated rings. The Bertz CT molecular complexity index is 1100. The van der Waals surface area contributed by atoms with Gasteiger partial charge in [-0.15, -0.1) is 0 Å². The standard InChI is InChI=1S/C24H22FN3/c25-21-11-9-18(10-12-21)14-27-15-20-6-2-1-5-19(20)13-22(27)16-28-17-26-23-7-3-4-8-24(23)28/h1-12,17,22H,13-16H2/t22-/m0/s1. The van der Waals surface area contributed by atoms with Crippen LogP contribution in [0.2, 0.25) is 0 Å². The molecule has 140 valence electrons. The molecule has 0 spiro atoms. The van der Waals surface area contributed by atoms with Crippen molar-refractivity contribution in [1.29, 1.82) is 0 Å². The molecule has 0 unspecified atom stereocenters. The van der Waals surface area contributed by atoms with Crippen LogP contribution in [-0.2, 0) is 26.1 Å². The average molecular weight is 371 g/mol. The third-order valence-corrected chi connectivity index (χ3v) is 5.70.